The van der Waals surface area contributed by atoms with Gasteiger partial charge in [0.05, 0.1) is 19.8 Å². The first-order chi connectivity index (χ1) is 6.93. The molecule has 84 valence electrons. The average molecular weight is 216 g/mol. The van der Waals surface area contributed by atoms with Gasteiger partial charge in [0.1, 0.15) is 0 Å². The van der Waals surface area contributed by atoms with E-state index in [1.165, 1.54) is 0 Å². The summed E-state index contributed by atoms with van der Waals surface area (Å²) < 4.78 is 13.2. The van der Waals surface area contributed by atoms with E-state index in [-0.39, 0.29) is 5.57 Å². The van der Waals surface area contributed by atoms with Crippen LogP contribution in [0.5, 0.6) is 0 Å². The van der Waals surface area contributed by atoms with Crippen LogP contribution in [-0.4, -0.2) is 38.2 Å². The third-order valence-corrected chi connectivity index (χ3v) is 1.46. The Morgan fingerprint density at radius 3 is 2.00 bits per heavy atom. The molecule has 15 heavy (non-hydrogen) atoms. The third-order valence-electron chi connectivity index (χ3n) is 1.46. The Bertz CT molecular complexity index is 293. The smallest absolute Gasteiger partial charge is 0.352 e. The first-order valence-electron chi connectivity index (χ1n) is 3.96. The Kier molecular flexibility index (Phi) is 5.08. The average Bonchev–Trinajstić information content (AvgIpc) is 2.22. The molecule has 0 rings (SSSR count). The summed E-state index contributed by atoms with van der Waals surface area (Å²) in [6.45, 7) is 4.39. The highest BCUT2D eigenvalue weighted by Gasteiger charge is 2.30. The minimum Gasteiger partial charge on any atom is -0.466 e. The topological polar surface area (TPSA) is 78.9 Å². The van der Waals surface area contributed by atoms with Crippen LogP contribution < -0.4 is 0 Å². The Labute approximate surface area is 86.8 Å². The molecule has 0 saturated heterocycles. The predicted molar refractivity (Wildman–Crippen MR) is 48.7 cm³/mol. The Morgan fingerprint density at radius 1 is 1.13 bits per heavy atom. The van der Waals surface area contributed by atoms with E-state index in [0.717, 1.165) is 21.1 Å². The van der Waals surface area contributed by atoms with Gasteiger partial charge in [0.15, 0.2) is 0 Å². The Balaban J connectivity index is 4.77. The van der Waals surface area contributed by atoms with E-state index in [1.807, 2.05) is 0 Å². The van der Waals surface area contributed by atoms with Gasteiger partial charge < -0.3 is 14.2 Å². The number of rotatable bonds is 4. The predicted octanol–water partition coefficient (Wildman–Crippen LogP) is -0.180. The van der Waals surface area contributed by atoms with Gasteiger partial charge in [-0.25, -0.2) is 9.59 Å². The molecule has 0 aromatic heterocycles. The molecule has 0 bridgehead atoms. The molecule has 6 heteroatoms. The second kappa shape index (κ2) is 5.79. The molecule has 0 amide bonds. The molecule has 0 N–H and O–H groups in total. The van der Waals surface area contributed by atoms with Gasteiger partial charge >= 0.3 is 17.9 Å². The van der Waals surface area contributed by atoms with Crippen molar-refractivity contribution in [1.82, 2.24) is 0 Å². The number of ether oxygens (including phenoxy) is 3. The number of hydrogen-bond donors (Lipinski definition) is 0. The molecule has 1 atom stereocenters. The Hall–Kier alpha value is -1.85. The minimum absolute atomic E-state index is 0.292. The summed E-state index contributed by atoms with van der Waals surface area (Å²) in [5, 5.41) is 0. The summed E-state index contributed by atoms with van der Waals surface area (Å²) in [5.41, 5.74) is -0.292. The normalized spacial score (nSPS) is 11.1. The van der Waals surface area contributed by atoms with Crippen molar-refractivity contribution >= 4 is 17.9 Å². The molecule has 0 aromatic rings. The first kappa shape index (κ1) is 13.2. The highest BCUT2D eigenvalue weighted by Crippen LogP contribution is 2.09. The molecular weight excluding hydrogens is 204 g/mol. The highest BCUT2D eigenvalue weighted by molar-refractivity contribution is 5.97. The lowest BCUT2D eigenvalue weighted by Gasteiger charge is -2.15. The Morgan fingerprint density at radius 2 is 1.67 bits per heavy atom. The van der Waals surface area contributed by atoms with Gasteiger partial charge in [0, 0.05) is 6.92 Å². The van der Waals surface area contributed by atoms with Gasteiger partial charge in [-0.3, -0.25) is 4.79 Å². The zero-order valence-electron chi connectivity index (χ0n) is 8.73. The standard InChI is InChI=1S/C9H12O6/c1-5(8(11)13-3)7(9(12)14-4)15-6(2)10/h7H,1H2,2-4H3. The molecule has 0 aliphatic carbocycles. The fourth-order valence-corrected chi connectivity index (χ4v) is 0.773. The summed E-state index contributed by atoms with van der Waals surface area (Å²) in [6.07, 6.45) is -1.46. The summed E-state index contributed by atoms with van der Waals surface area (Å²) in [6, 6.07) is 0. The highest BCUT2D eigenvalue weighted by atomic mass is 16.6. The van der Waals surface area contributed by atoms with Crippen LogP contribution in [0.15, 0.2) is 12.2 Å². The van der Waals surface area contributed by atoms with E-state index in [4.69, 9.17) is 0 Å². The monoisotopic (exact) mass is 216 g/mol. The van der Waals surface area contributed by atoms with E-state index in [2.05, 4.69) is 20.8 Å². The molecule has 1 unspecified atom stereocenters. The van der Waals surface area contributed by atoms with E-state index >= 15 is 0 Å². The number of methoxy groups -OCH3 is 2. The summed E-state index contributed by atoms with van der Waals surface area (Å²) >= 11 is 0. The van der Waals surface area contributed by atoms with E-state index in [1.54, 1.807) is 0 Å². The summed E-state index contributed by atoms with van der Waals surface area (Å²) in [5.74, 6) is -2.46. The fraction of sp³-hybridized carbons (Fsp3) is 0.444. The maximum Gasteiger partial charge on any atom is 0.352 e. The van der Waals surface area contributed by atoms with Crippen molar-refractivity contribution < 1.29 is 28.6 Å². The molecule has 0 aromatic carbocycles. The molecule has 0 radical (unpaired) electrons. The third kappa shape index (κ3) is 3.80. The van der Waals surface area contributed by atoms with Crippen LogP contribution in [0.4, 0.5) is 0 Å². The lowest BCUT2D eigenvalue weighted by Crippen LogP contribution is -2.32. The van der Waals surface area contributed by atoms with Gasteiger partial charge in [-0.15, -0.1) is 0 Å². The van der Waals surface area contributed by atoms with Gasteiger partial charge in [-0.1, -0.05) is 6.58 Å². The van der Waals surface area contributed by atoms with Crippen molar-refractivity contribution in [2.75, 3.05) is 14.2 Å². The van der Waals surface area contributed by atoms with Crippen molar-refractivity contribution in [3.8, 4) is 0 Å². The van der Waals surface area contributed by atoms with E-state index < -0.39 is 24.0 Å². The lowest BCUT2D eigenvalue weighted by molar-refractivity contribution is -0.163. The molecule has 0 aliphatic heterocycles. The SMILES string of the molecule is C=C(C(=O)OC)C(OC(C)=O)C(=O)OC. The number of carbonyl (C=O) groups is 3. The molecule has 6 nitrogen and oxygen atoms in total. The quantitative estimate of drug-likeness (QED) is 0.368. The van der Waals surface area contributed by atoms with E-state index in [9.17, 15) is 14.4 Å². The van der Waals surface area contributed by atoms with Crippen molar-refractivity contribution in [1.29, 1.82) is 0 Å². The number of carbonyl (C=O) groups excluding carboxylic acids is 3. The fourth-order valence-electron chi connectivity index (χ4n) is 0.773. The van der Waals surface area contributed by atoms with Crippen LogP contribution in [0, 0.1) is 0 Å². The minimum atomic E-state index is -1.46. The summed E-state index contributed by atoms with van der Waals surface area (Å²) in [4.78, 5) is 32.8. The van der Waals surface area contributed by atoms with Crippen LogP contribution >= 0.6 is 0 Å². The van der Waals surface area contributed by atoms with Gasteiger partial charge in [0.2, 0.25) is 6.10 Å². The zero-order chi connectivity index (χ0) is 12.0. The maximum atomic E-state index is 11.1. The van der Waals surface area contributed by atoms with Crippen molar-refractivity contribution in [3.63, 3.8) is 0 Å². The first-order valence-corrected chi connectivity index (χ1v) is 3.96. The zero-order valence-corrected chi connectivity index (χ0v) is 8.73. The summed E-state index contributed by atoms with van der Waals surface area (Å²) in [7, 11) is 2.22. The molecule has 0 aliphatic rings. The molecule has 0 fully saturated rings. The molecular formula is C9H12O6. The van der Waals surface area contributed by atoms with Gasteiger partial charge in [-0.05, 0) is 0 Å². The largest absolute Gasteiger partial charge is 0.466 e. The van der Waals surface area contributed by atoms with Gasteiger partial charge in [0.25, 0.3) is 0 Å². The van der Waals surface area contributed by atoms with Crippen molar-refractivity contribution in [2.45, 2.75) is 13.0 Å². The molecule has 0 spiro atoms. The second-order valence-electron chi connectivity index (χ2n) is 2.53. The van der Waals surface area contributed by atoms with E-state index in [0.29, 0.717) is 0 Å². The van der Waals surface area contributed by atoms with Crippen molar-refractivity contribution in [2.24, 2.45) is 0 Å². The van der Waals surface area contributed by atoms with Crippen LogP contribution in [0.3, 0.4) is 0 Å². The second-order valence-corrected chi connectivity index (χ2v) is 2.53. The van der Waals surface area contributed by atoms with Crippen molar-refractivity contribution in [3.05, 3.63) is 12.2 Å². The van der Waals surface area contributed by atoms with Crippen LogP contribution in [0.1, 0.15) is 6.92 Å². The number of esters is 3. The number of hydrogen-bond acceptors (Lipinski definition) is 6. The van der Waals surface area contributed by atoms with Crippen LogP contribution in [0.2, 0.25) is 0 Å². The molecule has 0 saturated carbocycles. The van der Waals surface area contributed by atoms with Crippen LogP contribution in [0.25, 0.3) is 0 Å². The van der Waals surface area contributed by atoms with Crippen LogP contribution in [-0.2, 0) is 28.6 Å². The lowest BCUT2D eigenvalue weighted by atomic mass is 10.1. The van der Waals surface area contributed by atoms with Gasteiger partial charge in [-0.2, -0.15) is 0 Å². The molecule has 0 heterocycles. The maximum absolute atomic E-state index is 11.1.